The standard InChI is InChI=1S/C22H46O7Si2/c1-15(25)26-18-16(12-13-23)27-17(14-24)19(28-30(8,9)21(2,3)4)20(18)29-31(10,11)22(5,6)7/h16-20,23-24H,12-14H2,1-11H3/t16-,17+,18-,19+,20+/m0/s1. The van der Waals surface area contributed by atoms with Crippen molar-refractivity contribution in [3.63, 3.8) is 0 Å². The monoisotopic (exact) mass is 478 g/mol. The molecule has 1 saturated heterocycles. The quantitative estimate of drug-likeness (QED) is 0.404. The maximum absolute atomic E-state index is 12.0. The molecular formula is C22H46O7Si2. The molecule has 0 aromatic heterocycles. The summed E-state index contributed by atoms with van der Waals surface area (Å²) in [5, 5.41) is 19.6. The number of aliphatic hydroxyl groups excluding tert-OH is 2. The normalized spacial score (nSPS) is 28.5. The van der Waals surface area contributed by atoms with Gasteiger partial charge in [-0.05, 0) is 36.3 Å². The molecule has 0 aliphatic carbocycles. The van der Waals surface area contributed by atoms with E-state index in [9.17, 15) is 15.0 Å². The molecule has 0 unspecified atom stereocenters. The second kappa shape index (κ2) is 10.3. The van der Waals surface area contributed by atoms with Crippen LogP contribution in [-0.4, -0.2) is 76.6 Å². The smallest absolute Gasteiger partial charge is 0.303 e. The summed E-state index contributed by atoms with van der Waals surface area (Å²) in [7, 11) is -4.57. The molecule has 1 aliphatic heterocycles. The van der Waals surface area contributed by atoms with Crippen LogP contribution in [0.4, 0.5) is 0 Å². The molecule has 0 amide bonds. The zero-order valence-corrected chi connectivity index (χ0v) is 23.4. The van der Waals surface area contributed by atoms with Crippen LogP contribution in [0.3, 0.4) is 0 Å². The third-order valence-electron chi connectivity index (χ3n) is 7.10. The molecule has 5 atom stereocenters. The van der Waals surface area contributed by atoms with Crippen molar-refractivity contribution in [3.05, 3.63) is 0 Å². The number of rotatable bonds is 8. The first-order valence-corrected chi connectivity index (χ1v) is 17.1. The fourth-order valence-corrected chi connectivity index (χ4v) is 5.76. The maximum atomic E-state index is 12.0. The third-order valence-corrected chi connectivity index (χ3v) is 16.0. The van der Waals surface area contributed by atoms with Gasteiger partial charge in [-0.2, -0.15) is 0 Å². The van der Waals surface area contributed by atoms with E-state index in [1.165, 1.54) is 6.92 Å². The van der Waals surface area contributed by atoms with E-state index in [2.05, 4.69) is 67.7 Å². The van der Waals surface area contributed by atoms with Crippen LogP contribution in [-0.2, 0) is 23.1 Å². The van der Waals surface area contributed by atoms with Crippen molar-refractivity contribution in [2.75, 3.05) is 13.2 Å². The number of ether oxygens (including phenoxy) is 2. The summed E-state index contributed by atoms with van der Waals surface area (Å²) in [6.07, 6.45) is -2.84. The highest BCUT2D eigenvalue weighted by Gasteiger charge is 2.54. The summed E-state index contributed by atoms with van der Waals surface area (Å²) in [5.74, 6) is -0.436. The summed E-state index contributed by atoms with van der Waals surface area (Å²) in [4.78, 5) is 12.0. The molecule has 0 radical (unpaired) electrons. The minimum absolute atomic E-state index is 0.0621. The van der Waals surface area contributed by atoms with Gasteiger partial charge >= 0.3 is 5.97 Å². The molecule has 1 heterocycles. The first-order chi connectivity index (χ1) is 13.9. The van der Waals surface area contributed by atoms with E-state index >= 15 is 0 Å². The van der Waals surface area contributed by atoms with Gasteiger partial charge in [-0.3, -0.25) is 4.79 Å². The van der Waals surface area contributed by atoms with Gasteiger partial charge < -0.3 is 28.5 Å². The van der Waals surface area contributed by atoms with Crippen LogP contribution in [0.25, 0.3) is 0 Å². The van der Waals surface area contributed by atoms with Gasteiger partial charge in [0.2, 0.25) is 0 Å². The van der Waals surface area contributed by atoms with Gasteiger partial charge in [-0.15, -0.1) is 0 Å². The lowest BCUT2D eigenvalue weighted by Crippen LogP contribution is -2.66. The van der Waals surface area contributed by atoms with Crippen molar-refractivity contribution in [2.24, 2.45) is 0 Å². The van der Waals surface area contributed by atoms with E-state index in [-0.39, 0.29) is 29.7 Å². The van der Waals surface area contributed by atoms with E-state index in [1.807, 2.05) is 0 Å². The molecule has 31 heavy (non-hydrogen) atoms. The maximum Gasteiger partial charge on any atom is 0.303 e. The number of aliphatic hydroxyl groups is 2. The fourth-order valence-electron chi connectivity index (χ4n) is 3.14. The van der Waals surface area contributed by atoms with E-state index in [0.29, 0.717) is 0 Å². The highest BCUT2D eigenvalue weighted by molar-refractivity contribution is 6.74. The number of esters is 1. The average Bonchev–Trinajstić information content (AvgIpc) is 2.57. The molecule has 184 valence electrons. The lowest BCUT2D eigenvalue weighted by atomic mass is 9.93. The van der Waals surface area contributed by atoms with Crippen LogP contribution in [0.1, 0.15) is 54.9 Å². The molecule has 0 bridgehead atoms. The van der Waals surface area contributed by atoms with Crippen LogP contribution in [0.2, 0.25) is 36.3 Å². The molecule has 2 N–H and O–H groups in total. The molecule has 1 aliphatic rings. The molecule has 0 aromatic carbocycles. The Balaban J connectivity index is 3.52. The predicted octanol–water partition coefficient (Wildman–Crippen LogP) is 3.84. The molecule has 7 nitrogen and oxygen atoms in total. The van der Waals surface area contributed by atoms with Gasteiger partial charge in [0.15, 0.2) is 22.7 Å². The van der Waals surface area contributed by atoms with Crippen LogP contribution in [0.15, 0.2) is 0 Å². The average molecular weight is 479 g/mol. The van der Waals surface area contributed by atoms with E-state index in [0.717, 1.165) is 0 Å². The van der Waals surface area contributed by atoms with Crippen molar-refractivity contribution in [3.8, 4) is 0 Å². The van der Waals surface area contributed by atoms with Crippen LogP contribution in [0.5, 0.6) is 0 Å². The molecule has 9 heteroatoms. The summed E-state index contributed by atoms with van der Waals surface area (Å²) < 4.78 is 25.4. The number of hydrogen-bond donors (Lipinski definition) is 2. The van der Waals surface area contributed by atoms with Gasteiger partial charge in [-0.1, -0.05) is 41.5 Å². The Kier molecular flexibility index (Phi) is 9.56. The van der Waals surface area contributed by atoms with Gasteiger partial charge in [0.25, 0.3) is 0 Å². The van der Waals surface area contributed by atoms with Crippen molar-refractivity contribution >= 4 is 22.6 Å². The summed E-state index contributed by atoms with van der Waals surface area (Å²) in [6.45, 7) is 22.5. The largest absolute Gasteiger partial charge is 0.457 e. The lowest BCUT2D eigenvalue weighted by Gasteiger charge is -2.52. The Bertz CT molecular complexity index is 596. The van der Waals surface area contributed by atoms with Crippen molar-refractivity contribution in [1.82, 2.24) is 0 Å². The van der Waals surface area contributed by atoms with Crippen LogP contribution < -0.4 is 0 Å². The lowest BCUT2D eigenvalue weighted by molar-refractivity contribution is -0.233. The molecule has 0 saturated carbocycles. The second-order valence-corrected chi connectivity index (χ2v) is 21.2. The van der Waals surface area contributed by atoms with Crippen LogP contribution in [0, 0.1) is 0 Å². The highest BCUT2D eigenvalue weighted by atomic mass is 28.4. The Morgan fingerprint density at radius 2 is 1.29 bits per heavy atom. The Morgan fingerprint density at radius 1 is 0.839 bits per heavy atom. The first kappa shape index (κ1) is 28.7. The summed E-state index contributed by atoms with van der Waals surface area (Å²) in [5.41, 5.74) is 0. The predicted molar refractivity (Wildman–Crippen MR) is 127 cm³/mol. The Morgan fingerprint density at radius 3 is 1.65 bits per heavy atom. The minimum atomic E-state index is -2.30. The zero-order chi connectivity index (χ0) is 24.4. The van der Waals surface area contributed by atoms with Crippen molar-refractivity contribution in [2.45, 2.75) is 122 Å². The highest BCUT2D eigenvalue weighted by Crippen LogP contribution is 2.43. The summed E-state index contributed by atoms with van der Waals surface area (Å²) >= 11 is 0. The van der Waals surface area contributed by atoms with Crippen molar-refractivity contribution in [1.29, 1.82) is 0 Å². The summed E-state index contributed by atoms with van der Waals surface area (Å²) in [6, 6.07) is 0. The topological polar surface area (TPSA) is 94.5 Å². The van der Waals surface area contributed by atoms with Crippen LogP contribution >= 0.6 is 0 Å². The van der Waals surface area contributed by atoms with E-state index < -0.39 is 53.1 Å². The number of carbonyl (C=O) groups excluding carboxylic acids is 1. The molecule has 1 rings (SSSR count). The second-order valence-electron chi connectivity index (χ2n) is 11.7. The minimum Gasteiger partial charge on any atom is -0.457 e. The molecule has 1 fully saturated rings. The first-order valence-electron chi connectivity index (χ1n) is 11.3. The van der Waals surface area contributed by atoms with Gasteiger partial charge in [0, 0.05) is 20.0 Å². The zero-order valence-electron chi connectivity index (χ0n) is 21.4. The van der Waals surface area contributed by atoms with Gasteiger partial charge in [0.1, 0.15) is 18.3 Å². The SMILES string of the molecule is CC(=O)O[C@@H]1[C@@H](O[Si](C)(C)C(C)(C)C)[C@H](O[Si](C)(C)C(C)(C)C)[C@@H](CO)O[C@H]1CCO. The Hall–Kier alpha value is -0.296. The molecule has 0 aromatic rings. The molecular weight excluding hydrogens is 432 g/mol. The van der Waals surface area contributed by atoms with E-state index in [1.54, 1.807) is 0 Å². The number of hydrogen-bond acceptors (Lipinski definition) is 7. The number of carbonyl (C=O) groups is 1. The van der Waals surface area contributed by atoms with Gasteiger partial charge in [-0.25, -0.2) is 0 Å². The van der Waals surface area contributed by atoms with E-state index in [4.69, 9.17) is 18.3 Å². The Labute approximate surface area is 191 Å². The third kappa shape index (κ3) is 7.09. The molecule has 0 spiro atoms. The van der Waals surface area contributed by atoms with Gasteiger partial charge in [0.05, 0.1) is 12.7 Å². The van der Waals surface area contributed by atoms with Crippen molar-refractivity contribution < 1.29 is 33.3 Å². The fraction of sp³-hybridized carbons (Fsp3) is 0.955.